The number of fused-ring (bicyclic) bond motifs is 1. The molecule has 1 aliphatic rings. The van der Waals surface area contributed by atoms with E-state index in [0.717, 1.165) is 28.4 Å². The van der Waals surface area contributed by atoms with E-state index in [4.69, 9.17) is 0 Å². The summed E-state index contributed by atoms with van der Waals surface area (Å²) in [7, 11) is -1.29. The smallest absolute Gasteiger partial charge is 0.254 e. The summed E-state index contributed by atoms with van der Waals surface area (Å²) in [5.74, 6) is -1.15. The lowest BCUT2D eigenvalue weighted by Crippen LogP contribution is -2.35. The van der Waals surface area contributed by atoms with Gasteiger partial charge < -0.3 is 4.90 Å². The maximum absolute atomic E-state index is 14.0. The number of amides is 1. The summed E-state index contributed by atoms with van der Waals surface area (Å²) in [4.78, 5) is 15.1. The average molecular weight is 368 g/mol. The maximum atomic E-state index is 14.0. The average Bonchev–Trinajstić information content (AvgIpc) is 3.01. The second-order valence-electron chi connectivity index (χ2n) is 5.78. The van der Waals surface area contributed by atoms with Crippen molar-refractivity contribution in [1.29, 1.82) is 0 Å². The zero-order valence-corrected chi connectivity index (χ0v) is 15.0. The van der Waals surface area contributed by atoms with Crippen molar-refractivity contribution in [3.8, 4) is 0 Å². The second-order valence-corrected chi connectivity index (χ2v) is 8.90. The predicted octanol–water partition coefficient (Wildman–Crippen LogP) is 2.34. The van der Waals surface area contributed by atoms with Gasteiger partial charge in [0.1, 0.15) is 10.7 Å². The minimum Gasteiger partial charge on any atom is -0.334 e. The molecule has 1 aliphatic heterocycles. The standard InChI is InChI=1S/C16H17FN2O3S2/c1-18(2)24(21,22)15-9-11(3-4-13(15)17)16(20)19-7-5-14-12(10-19)6-8-23-14/h3-4,6,8-9H,5,7,10H2,1-2H3. The van der Waals surface area contributed by atoms with Crippen LogP contribution in [0.2, 0.25) is 0 Å². The van der Waals surface area contributed by atoms with Gasteiger partial charge in [0.15, 0.2) is 0 Å². The van der Waals surface area contributed by atoms with Crippen molar-refractivity contribution in [1.82, 2.24) is 9.21 Å². The molecule has 0 bridgehead atoms. The maximum Gasteiger partial charge on any atom is 0.254 e. The molecular formula is C16H17FN2O3S2. The van der Waals surface area contributed by atoms with Crippen LogP contribution in [0.5, 0.6) is 0 Å². The summed E-state index contributed by atoms with van der Waals surface area (Å²) in [5, 5.41) is 2.00. The highest BCUT2D eigenvalue weighted by molar-refractivity contribution is 7.89. The van der Waals surface area contributed by atoms with Gasteiger partial charge in [-0.15, -0.1) is 11.3 Å². The van der Waals surface area contributed by atoms with Gasteiger partial charge in [-0.1, -0.05) is 0 Å². The van der Waals surface area contributed by atoms with Gasteiger partial charge in [0, 0.05) is 37.6 Å². The molecule has 2 aromatic rings. The fourth-order valence-electron chi connectivity index (χ4n) is 2.64. The monoisotopic (exact) mass is 368 g/mol. The van der Waals surface area contributed by atoms with Gasteiger partial charge in [0.05, 0.1) is 0 Å². The Labute approximate surface area is 144 Å². The first-order valence-electron chi connectivity index (χ1n) is 7.37. The molecule has 2 heterocycles. The number of hydrogen-bond donors (Lipinski definition) is 0. The lowest BCUT2D eigenvalue weighted by atomic mass is 10.1. The van der Waals surface area contributed by atoms with Crippen molar-refractivity contribution in [2.24, 2.45) is 0 Å². The van der Waals surface area contributed by atoms with Gasteiger partial charge in [-0.25, -0.2) is 17.1 Å². The highest BCUT2D eigenvalue weighted by Crippen LogP contribution is 2.26. The Balaban J connectivity index is 1.92. The summed E-state index contributed by atoms with van der Waals surface area (Å²) in [6, 6.07) is 5.47. The summed E-state index contributed by atoms with van der Waals surface area (Å²) >= 11 is 1.67. The van der Waals surface area contributed by atoms with Crippen LogP contribution < -0.4 is 0 Å². The highest BCUT2D eigenvalue weighted by atomic mass is 32.2. The summed E-state index contributed by atoms with van der Waals surface area (Å²) in [5.41, 5.74) is 1.29. The fraction of sp³-hybridized carbons (Fsp3) is 0.312. The first-order chi connectivity index (χ1) is 11.3. The first-order valence-corrected chi connectivity index (χ1v) is 9.69. The highest BCUT2D eigenvalue weighted by Gasteiger charge is 2.26. The number of benzene rings is 1. The van der Waals surface area contributed by atoms with Gasteiger partial charge in [0.25, 0.3) is 5.91 Å². The zero-order valence-electron chi connectivity index (χ0n) is 13.3. The molecule has 0 atom stereocenters. The third-order valence-electron chi connectivity index (χ3n) is 4.03. The van der Waals surface area contributed by atoms with Crippen LogP contribution in [0.15, 0.2) is 34.5 Å². The number of carbonyl (C=O) groups excluding carboxylic acids is 1. The number of nitrogens with zero attached hydrogens (tertiary/aromatic N) is 2. The predicted molar refractivity (Wildman–Crippen MR) is 90.0 cm³/mol. The van der Waals surface area contributed by atoms with Gasteiger partial charge in [-0.2, -0.15) is 0 Å². The molecule has 0 saturated heterocycles. The molecular weight excluding hydrogens is 351 g/mol. The van der Waals surface area contributed by atoms with Crippen LogP contribution in [0.4, 0.5) is 4.39 Å². The summed E-state index contributed by atoms with van der Waals surface area (Å²) in [6.07, 6.45) is 0.781. The lowest BCUT2D eigenvalue weighted by molar-refractivity contribution is 0.0735. The topological polar surface area (TPSA) is 57.7 Å². The Bertz CT molecular complexity index is 890. The van der Waals surface area contributed by atoms with E-state index in [9.17, 15) is 17.6 Å². The molecule has 1 aromatic heterocycles. The summed E-state index contributed by atoms with van der Waals surface area (Å²) in [6.45, 7) is 1.06. The molecule has 8 heteroatoms. The minimum atomic E-state index is -3.94. The van der Waals surface area contributed by atoms with Crippen molar-refractivity contribution >= 4 is 27.3 Å². The molecule has 0 radical (unpaired) electrons. The Morgan fingerprint density at radius 3 is 2.75 bits per heavy atom. The Hall–Kier alpha value is -1.77. The van der Waals surface area contributed by atoms with Crippen LogP contribution in [-0.2, 0) is 23.0 Å². The fourth-order valence-corrected chi connectivity index (χ4v) is 4.51. The van der Waals surface area contributed by atoms with Crippen LogP contribution in [0.25, 0.3) is 0 Å². The van der Waals surface area contributed by atoms with Crippen LogP contribution in [0.3, 0.4) is 0 Å². The van der Waals surface area contributed by atoms with Crippen molar-refractivity contribution < 1.29 is 17.6 Å². The van der Waals surface area contributed by atoms with E-state index >= 15 is 0 Å². The molecule has 0 N–H and O–H groups in total. The summed E-state index contributed by atoms with van der Waals surface area (Å²) < 4.78 is 39.3. The number of hydrogen-bond acceptors (Lipinski definition) is 4. The van der Waals surface area contributed by atoms with E-state index < -0.39 is 20.7 Å². The second kappa shape index (κ2) is 6.27. The van der Waals surface area contributed by atoms with Crippen LogP contribution >= 0.6 is 11.3 Å². The van der Waals surface area contributed by atoms with Gasteiger partial charge in [-0.05, 0) is 41.6 Å². The van der Waals surface area contributed by atoms with E-state index in [0.29, 0.717) is 13.1 Å². The molecule has 128 valence electrons. The molecule has 1 aromatic carbocycles. The number of carbonyl (C=O) groups is 1. The molecule has 3 rings (SSSR count). The van der Waals surface area contributed by atoms with Crippen LogP contribution in [0, 0.1) is 5.82 Å². The van der Waals surface area contributed by atoms with Gasteiger partial charge in [0.2, 0.25) is 10.0 Å². The molecule has 5 nitrogen and oxygen atoms in total. The van der Waals surface area contributed by atoms with E-state index in [1.54, 1.807) is 16.2 Å². The minimum absolute atomic E-state index is 0.176. The van der Waals surface area contributed by atoms with Crippen LogP contribution in [0.1, 0.15) is 20.8 Å². The molecule has 0 spiro atoms. The van der Waals surface area contributed by atoms with Gasteiger partial charge >= 0.3 is 0 Å². The number of thiophene rings is 1. The number of halogens is 1. The van der Waals surface area contributed by atoms with Crippen molar-refractivity contribution in [3.05, 3.63) is 51.5 Å². The lowest BCUT2D eigenvalue weighted by Gasteiger charge is -2.27. The molecule has 1 amide bonds. The van der Waals surface area contributed by atoms with Crippen LogP contribution in [-0.4, -0.2) is 44.2 Å². The third-order valence-corrected chi connectivity index (χ3v) is 6.88. The molecule has 0 aliphatic carbocycles. The molecule has 0 unspecified atom stereocenters. The Morgan fingerprint density at radius 2 is 2.04 bits per heavy atom. The van der Waals surface area contributed by atoms with E-state index in [1.165, 1.54) is 25.0 Å². The number of sulfonamides is 1. The Morgan fingerprint density at radius 1 is 1.29 bits per heavy atom. The Kier molecular flexibility index (Phi) is 4.46. The van der Waals surface area contributed by atoms with Crippen molar-refractivity contribution in [2.45, 2.75) is 17.9 Å². The first kappa shape index (κ1) is 17.1. The normalized spacial score (nSPS) is 14.8. The SMILES string of the molecule is CN(C)S(=O)(=O)c1cc(C(=O)N2CCc3sccc3C2)ccc1F. The van der Waals surface area contributed by atoms with E-state index in [2.05, 4.69) is 0 Å². The van der Waals surface area contributed by atoms with Crippen molar-refractivity contribution in [2.75, 3.05) is 20.6 Å². The molecule has 0 saturated carbocycles. The van der Waals surface area contributed by atoms with E-state index in [-0.39, 0.29) is 11.5 Å². The third kappa shape index (κ3) is 2.97. The number of rotatable bonds is 3. The largest absolute Gasteiger partial charge is 0.334 e. The van der Waals surface area contributed by atoms with Crippen molar-refractivity contribution in [3.63, 3.8) is 0 Å². The molecule has 24 heavy (non-hydrogen) atoms. The van der Waals surface area contributed by atoms with E-state index in [1.807, 2.05) is 11.4 Å². The molecule has 0 fully saturated rings. The van der Waals surface area contributed by atoms with Gasteiger partial charge in [-0.3, -0.25) is 4.79 Å². The quantitative estimate of drug-likeness (QED) is 0.836. The zero-order chi connectivity index (χ0) is 17.5.